The number of likely N-dealkylation sites (tertiary alicyclic amines) is 1. The highest BCUT2D eigenvalue weighted by Crippen LogP contribution is 2.16. The lowest BCUT2D eigenvalue weighted by atomic mass is 10.1. The lowest BCUT2D eigenvalue weighted by molar-refractivity contribution is 0.282. The number of nitrogens with zero attached hydrogens (tertiary/aromatic N) is 1. The first-order valence-electron chi connectivity index (χ1n) is 7.48. The molecule has 1 atom stereocenters. The summed E-state index contributed by atoms with van der Waals surface area (Å²) in [5.41, 5.74) is 1.21. The van der Waals surface area contributed by atoms with Crippen LogP contribution in [-0.2, 0) is 6.54 Å². The summed E-state index contributed by atoms with van der Waals surface area (Å²) in [6.45, 7) is 6.89. The molecule has 1 aromatic carbocycles. The van der Waals surface area contributed by atoms with E-state index in [2.05, 4.69) is 29.3 Å². The molecule has 0 bridgehead atoms. The van der Waals surface area contributed by atoms with E-state index in [0.717, 1.165) is 11.6 Å². The zero-order chi connectivity index (χ0) is 13.5. The number of hydrogen-bond acceptors (Lipinski definition) is 2. The molecule has 106 valence electrons. The van der Waals surface area contributed by atoms with E-state index in [0.29, 0.717) is 6.04 Å². The average Bonchev–Trinajstić information content (AvgIpc) is 2.64. The van der Waals surface area contributed by atoms with Crippen molar-refractivity contribution >= 4 is 11.6 Å². The van der Waals surface area contributed by atoms with E-state index >= 15 is 0 Å². The fourth-order valence-electron chi connectivity index (χ4n) is 2.80. The van der Waals surface area contributed by atoms with Crippen LogP contribution in [0.2, 0.25) is 5.02 Å². The van der Waals surface area contributed by atoms with Gasteiger partial charge in [-0.3, -0.25) is 0 Å². The smallest absolute Gasteiger partial charge is 0.0450 e. The van der Waals surface area contributed by atoms with E-state index in [1.807, 2.05) is 12.1 Å². The van der Waals surface area contributed by atoms with Crippen molar-refractivity contribution in [3.8, 4) is 0 Å². The standard InChI is InChI=1S/C16H25ClN2/c1-2-10-19-11-5-7-15(9-12-19)18-13-14-6-3-4-8-16(14)17/h3-4,6,8,15,18H,2,5,7,9-13H2,1H3. The third-order valence-corrected chi connectivity index (χ3v) is 4.27. The van der Waals surface area contributed by atoms with Gasteiger partial charge in [-0.15, -0.1) is 0 Å². The zero-order valence-corrected chi connectivity index (χ0v) is 12.6. The van der Waals surface area contributed by atoms with Crippen molar-refractivity contribution in [1.82, 2.24) is 10.2 Å². The van der Waals surface area contributed by atoms with Crippen LogP contribution in [0, 0.1) is 0 Å². The second kappa shape index (κ2) is 7.88. The summed E-state index contributed by atoms with van der Waals surface area (Å²) >= 11 is 6.19. The predicted octanol–water partition coefficient (Wildman–Crippen LogP) is 3.69. The number of benzene rings is 1. The van der Waals surface area contributed by atoms with Gasteiger partial charge in [-0.1, -0.05) is 36.7 Å². The van der Waals surface area contributed by atoms with E-state index in [1.165, 1.54) is 50.9 Å². The van der Waals surface area contributed by atoms with E-state index < -0.39 is 0 Å². The maximum atomic E-state index is 6.19. The monoisotopic (exact) mass is 280 g/mol. The molecule has 0 aromatic heterocycles. The highest BCUT2D eigenvalue weighted by molar-refractivity contribution is 6.31. The van der Waals surface area contributed by atoms with Crippen molar-refractivity contribution < 1.29 is 0 Å². The third-order valence-electron chi connectivity index (χ3n) is 3.90. The Morgan fingerprint density at radius 3 is 2.89 bits per heavy atom. The molecular weight excluding hydrogens is 256 g/mol. The minimum Gasteiger partial charge on any atom is -0.310 e. The first kappa shape index (κ1) is 14.8. The average molecular weight is 281 g/mol. The summed E-state index contributed by atoms with van der Waals surface area (Å²) in [5, 5.41) is 4.54. The third kappa shape index (κ3) is 4.79. The second-order valence-corrected chi connectivity index (χ2v) is 5.85. The SMILES string of the molecule is CCCN1CCCC(NCc2ccccc2Cl)CC1. The normalized spacial score (nSPS) is 21.3. The molecule has 2 nitrogen and oxygen atoms in total. The Bertz CT molecular complexity index is 381. The summed E-state index contributed by atoms with van der Waals surface area (Å²) in [5.74, 6) is 0. The van der Waals surface area contributed by atoms with Crippen LogP contribution in [-0.4, -0.2) is 30.6 Å². The number of hydrogen-bond donors (Lipinski definition) is 1. The van der Waals surface area contributed by atoms with Crippen molar-refractivity contribution in [2.45, 2.75) is 45.2 Å². The van der Waals surface area contributed by atoms with Gasteiger partial charge in [0.1, 0.15) is 0 Å². The molecule has 1 aliphatic heterocycles. The van der Waals surface area contributed by atoms with Crippen molar-refractivity contribution in [2.75, 3.05) is 19.6 Å². The van der Waals surface area contributed by atoms with Crippen molar-refractivity contribution in [3.63, 3.8) is 0 Å². The number of rotatable bonds is 5. The summed E-state index contributed by atoms with van der Waals surface area (Å²) < 4.78 is 0. The molecule has 1 unspecified atom stereocenters. The summed E-state index contributed by atoms with van der Waals surface area (Å²) in [6, 6.07) is 8.75. The van der Waals surface area contributed by atoms with E-state index in [9.17, 15) is 0 Å². The first-order chi connectivity index (χ1) is 9.29. The van der Waals surface area contributed by atoms with E-state index in [1.54, 1.807) is 0 Å². The Hall–Kier alpha value is -0.570. The van der Waals surface area contributed by atoms with Crippen LogP contribution < -0.4 is 5.32 Å². The zero-order valence-electron chi connectivity index (χ0n) is 11.9. The van der Waals surface area contributed by atoms with Crippen LogP contribution in [0.1, 0.15) is 38.2 Å². The molecule has 3 heteroatoms. The topological polar surface area (TPSA) is 15.3 Å². The fraction of sp³-hybridized carbons (Fsp3) is 0.625. The quantitative estimate of drug-likeness (QED) is 0.885. The molecule has 2 rings (SSSR count). The molecule has 0 spiro atoms. The molecular formula is C16H25ClN2. The van der Waals surface area contributed by atoms with Crippen LogP contribution in [0.3, 0.4) is 0 Å². The Balaban J connectivity index is 1.79. The van der Waals surface area contributed by atoms with Crippen molar-refractivity contribution in [2.24, 2.45) is 0 Å². The molecule has 1 N–H and O–H groups in total. The fourth-order valence-corrected chi connectivity index (χ4v) is 3.00. The highest BCUT2D eigenvalue weighted by Gasteiger charge is 2.16. The molecule has 0 saturated carbocycles. The predicted molar refractivity (Wildman–Crippen MR) is 82.7 cm³/mol. The number of nitrogens with one attached hydrogen (secondary N) is 1. The first-order valence-corrected chi connectivity index (χ1v) is 7.86. The van der Waals surface area contributed by atoms with Crippen LogP contribution >= 0.6 is 11.6 Å². The van der Waals surface area contributed by atoms with Crippen LogP contribution in [0.4, 0.5) is 0 Å². The molecule has 1 saturated heterocycles. The van der Waals surface area contributed by atoms with Gasteiger partial charge >= 0.3 is 0 Å². The molecule has 1 aliphatic rings. The maximum absolute atomic E-state index is 6.19. The van der Waals surface area contributed by atoms with Gasteiger partial charge in [0.05, 0.1) is 0 Å². The molecule has 0 radical (unpaired) electrons. The second-order valence-electron chi connectivity index (χ2n) is 5.44. The van der Waals surface area contributed by atoms with Gasteiger partial charge < -0.3 is 10.2 Å². The van der Waals surface area contributed by atoms with Gasteiger partial charge in [0.15, 0.2) is 0 Å². The van der Waals surface area contributed by atoms with Gasteiger partial charge in [-0.25, -0.2) is 0 Å². The Morgan fingerprint density at radius 2 is 2.11 bits per heavy atom. The van der Waals surface area contributed by atoms with Gasteiger partial charge in [-0.2, -0.15) is 0 Å². The Kier molecular flexibility index (Phi) is 6.15. The number of halogens is 1. The summed E-state index contributed by atoms with van der Waals surface area (Å²) in [6.07, 6.45) is 5.10. The molecule has 1 heterocycles. The minimum atomic E-state index is 0.637. The summed E-state index contributed by atoms with van der Waals surface area (Å²) in [4.78, 5) is 2.59. The van der Waals surface area contributed by atoms with E-state index in [-0.39, 0.29) is 0 Å². The van der Waals surface area contributed by atoms with Gasteiger partial charge in [0.25, 0.3) is 0 Å². The molecule has 1 fully saturated rings. The van der Waals surface area contributed by atoms with Gasteiger partial charge in [-0.05, 0) is 56.9 Å². The van der Waals surface area contributed by atoms with Crippen molar-refractivity contribution in [1.29, 1.82) is 0 Å². The van der Waals surface area contributed by atoms with Crippen LogP contribution in [0.25, 0.3) is 0 Å². The molecule has 0 aliphatic carbocycles. The largest absolute Gasteiger partial charge is 0.310 e. The van der Waals surface area contributed by atoms with Crippen LogP contribution in [0.5, 0.6) is 0 Å². The van der Waals surface area contributed by atoms with Crippen molar-refractivity contribution in [3.05, 3.63) is 34.9 Å². The molecule has 1 aromatic rings. The molecule has 19 heavy (non-hydrogen) atoms. The lowest BCUT2D eigenvalue weighted by Crippen LogP contribution is -2.31. The lowest BCUT2D eigenvalue weighted by Gasteiger charge is -2.19. The minimum absolute atomic E-state index is 0.637. The summed E-state index contributed by atoms with van der Waals surface area (Å²) in [7, 11) is 0. The molecule has 0 amide bonds. The highest BCUT2D eigenvalue weighted by atomic mass is 35.5. The Labute approximate surface area is 122 Å². The Morgan fingerprint density at radius 1 is 1.26 bits per heavy atom. The van der Waals surface area contributed by atoms with Gasteiger partial charge in [0.2, 0.25) is 0 Å². The van der Waals surface area contributed by atoms with Gasteiger partial charge in [0, 0.05) is 17.6 Å². The van der Waals surface area contributed by atoms with E-state index in [4.69, 9.17) is 11.6 Å². The van der Waals surface area contributed by atoms with Crippen LogP contribution in [0.15, 0.2) is 24.3 Å². The maximum Gasteiger partial charge on any atom is 0.0450 e.